The second-order valence-corrected chi connectivity index (χ2v) is 5.85. The Labute approximate surface area is 110 Å². The lowest BCUT2D eigenvalue weighted by molar-refractivity contribution is 0.0554. The zero-order valence-electron chi connectivity index (χ0n) is 11.6. The third kappa shape index (κ3) is 2.90. The van der Waals surface area contributed by atoms with Crippen LogP contribution in [0, 0.1) is 5.92 Å². The zero-order chi connectivity index (χ0) is 13.0. The first-order chi connectivity index (χ1) is 8.66. The van der Waals surface area contributed by atoms with Crippen molar-refractivity contribution in [2.75, 3.05) is 13.6 Å². The van der Waals surface area contributed by atoms with E-state index < -0.39 is 0 Å². The molecule has 100 valence electrons. The highest BCUT2D eigenvalue weighted by Gasteiger charge is 2.37. The molecule has 2 N–H and O–H groups in total. The highest BCUT2D eigenvalue weighted by atomic mass is 15.2. The molecule has 1 aromatic rings. The van der Waals surface area contributed by atoms with E-state index in [1.807, 2.05) is 18.5 Å². The van der Waals surface area contributed by atoms with Gasteiger partial charge >= 0.3 is 0 Å². The summed E-state index contributed by atoms with van der Waals surface area (Å²) in [5.41, 5.74) is 7.56. The summed E-state index contributed by atoms with van der Waals surface area (Å²) in [6.45, 7) is 4.05. The van der Waals surface area contributed by atoms with Gasteiger partial charge in [0.15, 0.2) is 0 Å². The molecule has 0 saturated heterocycles. The molecule has 0 aliphatic heterocycles. The number of nitrogens with zero attached hydrogens (tertiary/aromatic N) is 2. The molecule has 1 aliphatic carbocycles. The van der Waals surface area contributed by atoms with Gasteiger partial charge < -0.3 is 5.73 Å². The summed E-state index contributed by atoms with van der Waals surface area (Å²) < 4.78 is 0. The molecule has 0 amide bonds. The maximum atomic E-state index is 6.10. The predicted octanol–water partition coefficient (Wildman–Crippen LogP) is 2.42. The van der Waals surface area contributed by atoms with Crippen LogP contribution >= 0.6 is 0 Å². The minimum absolute atomic E-state index is 0.188. The zero-order valence-corrected chi connectivity index (χ0v) is 11.6. The van der Waals surface area contributed by atoms with Crippen molar-refractivity contribution < 1.29 is 0 Å². The first-order valence-electron chi connectivity index (χ1n) is 6.96. The predicted molar refractivity (Wildman–Crippen MR) is 75.1 cm³/mol. The summed E-state index contributed by atoms with van der Waals surface area (Å²) in [5, 5.41) is 0. The van der Waals surface area contributed by atoms with Gasteiger partial charge in [-0.15, -0.1) is 0 Å². The normalized spacial score (nSPS) is 28.6. The first kappa shape index (κ1) is 13.5. The Morgan fingerprint density at radius 1 is 1.56 bits per heavy atom. The number of likely N-dealkylation sites (N-methyl/N-ethyl adjacent to an activating group) is 1. The monoisotopic (exact) mass is 247 g/mol. The number of pyridine rings is 1. The van der Waals surface area contributed by atoms with Gasteiger partial charge in [0, 0.05) is 31.0 Å². The summed E-state index contributed by atoms with van der Waals surface area (Å²) in [5.74, 6) is 0.790. The Hall–Kier alpha value is -0.930. The minimum Gasteiger partial charge on any atom is -0.329 e. The molecule has 0 spiro atoms. The molecule has 0 radical (unpaired) electrons. The quantitative estimate of drug-likeness (QED) is 0.888. The Kier molecular flexibility index (Phi) is 4.36. The number of hydrogen-bond acceptors (Lipinski definition) is 3. The van der Waals surface area contributed by atoms with E-state index in [1.165, 1.54) is 31.2 Å². The summed E-state index contributed by atoms with van der Waals surface area (Å²) >= 11 is 0. The highest BCUT2D eigenvalue weighted by Crippen LogP contribution is 2.36. The second-order valence-electron chi connectivity index (χ2n) is 5.85. The van der Waals surface area contributed by atoms with E-state index in [-0.39, 0.29) is 5.54 Å². The van der Waals surface area contributed by atoms with Gasteiger partial charge in [-0.3, -0.25) is 9.88 Å². The number of aromatic nitrogens is 1. The maximum absolute atomic E-state index is 6.10. The lowest BCUT2D eigenvalue weighted by atomic mass is 9.75. The standard InChI is InChI=1S/C15H25N3/c1-13-5-3-7-15(9-13,12-16)18(2)11-14-6-4-8-17-10-14/h4,6,8,10,13H,3,5,7,9,11-12,16H2,1-2H3. The number of nitrogens with two attached hydrogens (primary N) is 1. The van der Waals surface area contributed by atoms with Crippen molar-refractivity contribution in [3.8, 4) is 0 Å². The van der Waals surface area contributed by atoms with E-state index in [9.17, 15) is 0 Å². The molecule has 3 nitrogen and oxygen atoms in total. The smallest absolute Gasteiger partial charge is 0.0334 e. The first-order valence-corrected chi connectivity index (χ1v) is 6.96. The van der Waals surface area contributed by atoms with Crippen LogP contribution in [0.3, 0.4) is 0 Å². The van der Waals surface area contributed by atoms with Gasteiger partial charge in [0.25, 0.3) is 0 Å². The van der Waals surface area contributed by atoms with Gasteiger partial charge in [0.2, 0.25) is 0 Å². The Morgan fingerprint density at radius 3 is 3.00 bits per heavy atom. The SMILES string of the molecule is CC1CCCC(CN)(N(C)Cc2cccnc2)C1. The van der Waals surface area contributed by atoms with Crippen LogP contribution in [-0.4, -0.2) is 29.0 Å². The van der Waals surface area contributed by atoms with Crippen molar-refractivity contribution in [1.82, 2.24) is 9.88 Å². The molecule has 1 fully saturated rings. The van der Waals surface area contributed by atoms with Crippen LogP contribution < -0.4 is 5.73 Å². The van der Waals surface area contributed by atoms with Crippen molar-refractivity contribution >= 4 is 0 Å². The molecule has 1 saturated carbocycles. The summed E-state index contributed by atoms with van der Waals surface area (Å²) in [6.07, 6.45) is 8.88. The van der Waals surface area contributed by atoms with Crippen LogP contribution in [0.25, 0.3) is 0 Å². The van der Waals surface area contributed by atoms with Crippen molar-refractivity contribution in [2.24, 2.45) is 11.7 Å². The van der Waals surface area contributed by atoms with Crippen LogP contribution in [-0.2, 0) is 6.54 Å². The highest BCUT2D eigenvalue weighted by molar-refractivity contribution is 5.09. The Balaban J connectivity index is 2.07. The minimum atomic E-state index is 0.188. The van der Waals surface area contributed by atoms with E-state index in [4.69, 9.17) is 5.73 Å². The molecule has 0 bridgehead atoms. The largest absolute Gasteiger partial charge is 0.329 e. The van der Waals surface area contributed by atoms with Crippen LogP contribution in [0.2, 0.25) is 0 Å². The Morgan fingerprint density at radius 2 is 2.39 bits per heavy atom. The summed E-state index contributed by atoms with van der Waals surface area (Å²) in [6, 6.07) is 4.14. The van der Waals surface area contributed by atoms with E-state index in [1.54, 1.807) is 0 Å². The fourth-order valence-corrected chi connectivity index (χ4v) is 3.25. The third-order valence-electron chi connectivity index (χ3n) is 4.40. The fraction of sp³-hybridized carbons (Fsp3) is 0.667. The number of hydrogen-bond donors (Lipinski definition) is 1. The van der Waals surface area contributed by atoms with Crippen molar-refractivity contribution in [3.63, 3.8) is 0 Å². The molecule has 3 heteroatoms. The molecular weight excluding hydrogens is 222 g/mol. The fourth-order valence-electron chi connectivity index (χ4n) is 3.25. The molecule has 1 heterocycles. The molecule has 2 rings (SSSR count). The number of rotatable bonds is 4. The van der Waals surface area contributed by atoms with Crippen LogP contribution in [0.4, 0.5) is 0 Å². The Bertz CT molecular complexity index is 365. The van der Waals surface area contributed by atoms with E-state index >= 15 is 0 Å². The van der Waals surface area contributed by atoms with Gasteiger partial charge in [0.05, 0.1) is 0 Å². The average Bonchev–Trinajstić information content (AvgIpc) is 2.39. The van der Waals surface area contributed by atoms with E-state index in [2.05, 4.69) is 29.9 Å². The van der Waals surface area contributed by atoms with E-state index in [0.29, 0.717) is 0 Å². The van der Waals surface area contributed by atoms with Gasteiger partial charge in [-0.25, -0.2) is 0 Å². The van der Waals surface area contributed by atoms with Crippen molar-refractivity contribution in [3.05, 3.63) is 30.1 Å². The molecule has 1 aromatic heterocycles. The van der Waals surface area contributed by atoms with Gasteiger partial charge in [-0.2, -0.15) is 0 Å². The summed E-state index contributed by atoms with van der Waals surface area (Å²) in [4.78, 5) is 6.63. The van der Waals surface area contributed by atoms with Gasteiger partial charge in [-0.05, 0) is 37.4 Å². The topological polar surface area (TPSA) is 42.1 Å². The second kappa shape index (κ2) is 5.81. The van der Waals surface area contributed by atoms with Crippen LogP contribution in [0.15, 0.2) is 24.5 Å². The average molecular weight is 247 g/mol. The van der Waals surface area contributed by atoms with Crippen molar-refractivity contribution in [2.45, 2.75) is 44.7 Å². The van der Waals surface area contributed by atoms with Crippen LogP contribution in [0.5, 0.6) is 0 Å². The molecule has 1 aliphatic rings. The van der Waals surface area contributed by atoms with Crippen molar-refractivity contribution in [1.29, 1.82) is 0 Å². The molecular formula is C15H25N3. The maximum Gasteiger partial charge on any atom is 0.0334 e. The molecule has 2 unspecified atom stereocenters. The summed E-state index contributed by atoms with van der Waals surface area (Å²) in [7, 11) is 2.21. The molecule has 2 atom stereocenters. The third-order valence-corrected chi connectivity index (χ3v) is 4.40. The van der Waals surface area contributed by atoms with E-state index in [0.717, 1.165) is 19.0 Å². The lowest BCUT2D eigenvalue weighted by Gasteiger charge is -2.46. The molecule has 0 aromatic carbocycles. The van der Waals surface area contributed by atoms with Crippen LogP contribution in [0.1, 0.15) is 38.2 Å². The van der Waals surface area contributed by atoms with Gasteiger partial charge in [-0.1, -0.05) is 25.8 Å². The molecule has 18 heavy (non-hydrogen) atoms. The van der Waals surface area contributed by atoms with Gasteiger partial charge in [0.1, 0.15) is 0 Å². The lowest BCUT2D eigenvalue weighted by Crippen LogP contribution is -2.54.